The summed E-state index contributed by atoms with van der Waals surface area (Å²) in [7, 11) is 3.45. The van der Waals surface area contributed by atoms with Crippen LogP contribution in [0.25, 0.3) is 0 Å². The number of nitrogens with one attached hydrogen (secondary N) is 1. The lowest BCUT2D eigenvalue weighted by atomic mass is 10.3. The molecule has 5 heteroatoms. The summed E-state index contributed by atoms with van der Waals surface area (Å²) in [5, 5.41) is 7.36. The van der Waals surface area contributed by atoms with Gasteiger partial charge in [0.05, 0.1) is 14.2 Å². The first-order valence-electron chi connectivity index (χ1n) is 6.57. The van der Waals surface area contributed by atoms with E-state index < -0.39 is 0 Å². The Hall–Kier alpha value is -0.200. The number of rotatable bonds is 12. The maximum Gasteiger partial charge on any atom is 0.0575 e. The van der Waals surface area contributed by atoms with E-state index in [1.165, 1.54) is 0 Å². The molecule has 0 spiro atoms. The van der Waals surface area contributed by atoms with Crippen molar-refractivity contribution in [3.05, 3.63) is 0 Å². The lowest BCUT2D eigenvalue weighted by Crippen LogP contribution is -2.29. The first-order valence-corrected chi connectivity index (χ1v) is 6.57. The van der Waals surface area contributed by atoms with Gasteiger partial charge in [-0.25, -0.2) is 0 Å². The third kappa shape index (κ3) is 9.50. The van der Waals surface area contributed by atoms with Crippen molar-refractivity contribution in [2.45, 2.75) is 26.7 Å². The van der Waals surface area contributed by atoms with Crippen LogP contribution in [0.4, 0.5) is 0 Å². The fourth-order valence-corrected chi connectivity index (χ4v) is 1.64. The molecule has 0 aliphatic heterocycles. The minimum atomic E-state index is 0.940. The molecule has 0 bridgehead atoms. The molecule has 0 unspecified atom stereocenters. The van der Waals surface area contributed by atoms with Gasteiger partial charge in [-0.2, -0.15) is 10.1 Å². The van der Waals surface area contributed by atoms with Gasteiger partial charge in [-0.3, -0.25) is 0 Å². The van der Waals surface area contributed by atoms with Gasteiger partial charge >= 0.3 is 0 Å². The minimum absolute atomic E-state index is 0.940. The predicted molar refractivity (Wildman–Crippen MR) is 70.6 cm³/mol. The van der Waals surface area contributed by atoms with Gasteiger partial charge in [0.1, 0.15) is 0 Å². The van der Waals surface area contributed by atoms with Gasteiger partial charge < -0.3 is 15.0 Å². The van der Waals surface area contributed by atoms with E-state index >= 15 is 0 Å². The van der Waals surface area contributed by atoms with Crippen LogP contribution in [-0.2, 0) is 9.68 Å². The number of nitrogens with zero attached hydrogens (tertiary/aromatic N) is 2. The summed E-state index contributed by atoms with van der Waals surface area (Å²) < 4.78 is 0. The molecule has 0 saturated carbocycles. The molecule has 0 aromatic heterocycles. The van der Waals surface area contributed by atoms with Gasteiger partial charge in [0.25, 0.3) is 0 Å². The van der Waals surface area contributed by atoms with Crippen molar-refractivity contribution in [2.24, 2.45) is 0 Å². The zero-order valence-electron chi connectivity index (χ0n) is 11.9. The number of hydroxylamine groups is 4. The Morgan fingerprint density at radius 1 is 0.824 bits per heavy atom. The second-order valence-corrected chi connectivity index (χ2v) is 3.87. The first-order chi connectivity index (χ1) is 8.28. The second kappa shape index (κ2) is 12.3. The molecule has 1 N–H and O–H groups in total. The van der Waals surface area contributed by atoms with E-state index in [9.17, 15) is 0 Å². The van der Waals surface area contributed by atoms with E-state index in [2.05, 4.69) is 19.2 Å². The summed E-state index contributed by atoms with van der Waals surface area (Å²) in [5.74, 6) is 0. The third-order valence-electron chi connectivity index (χ3n) is 2.74. The summed E-state index contributed by atoms with van der Waals surface area (Å²) in [6, 6.07) is 0. The topological polar surface area (TPSA) is 37.0 Å². The van der Waals surface area contributed by atoms with E-state index in [0.29, 0.717) is 0 Å². The lowest BCUT2D eigenvalue weighted by molar-refractivity contribution is -0.128. The molecule has 0 aromatic rings. The standard InChI is InChI=1S/C12H29N3O2/c1-5-14(16-3)11-7-9-13-10-8-12-15(6-2)17-4/h13H,5-12H2,1-4H3. The van der Waals surface area contributed by atoms with Crippen LogP contribution in [0.5, 0.6) is 0 Å². The fourth-order valence-electron chi connectivity index (χ4n) is 1.64. The van der Waals surface area contributed by atoms with Crippen molar-refractivity contribution in [1.82, 2.24) is 15.4 Å². The summed E-state index contributed by atoms with van der Waals surface area (Å²) in [6.45, 7) is 10.1. The molecule has 0 heterocycles. The van der Waals surface area contributed by atoms with Crippen molar-refractivity contribution in [3.63, 3.8) is 0 Å². The smallest absolute Gasteiger partial charge is 0.0575 e. The highest BCUT2D eigenvalue weighted by atomic mass is 16.7. The molecule has 0 radical (unpaired) electrons. The van der Waals surface area contributed by atoms with Crippen molar-refractivity contribution in [2.75, 3.05) is 53.5 Å². The van der Waals surface area contributed by atoms with Crippen LogP contribution < -0.4 is 5.32 Å². The number of hydrogen-bond acceptors (Lipinski definition) is 5. The summed E-state index contributed by atoms with van der Waals surface area (Å²) in [5.41, 5.74) is 0. The molecule has 104 valence electrons. The van der Waals surface area contributed by atoms with Crippen LogP contribution in [0.3, 0.4) is 0 Å². The molecule has 0 saturated heterocycles. The van der Waals surface area contributed by atoms with Gasteiger partial charge in [-0.1, -0.05) is 13.8 Å². The highest BCUT2D eigenvalue weighted by molar-refractivity contribution is 4.52. The lowest BCUT2D eigenvalue weighted by Gasteiger charge is -2.18. The Morgan fingerprint density at radius 2 is 1.24 bits per heavy atom. The maximum absolute atomic E-state index is 5.17. The van der Waals surface area contributed by atoms with E-state index in [1.54, 1.807) is 14.2 Å². The Kier molecular flexibility index (Phi) is 12.1. The Balaban J connectivity index is 3.23. The van der Waals surface area contributed by atoms with E-state index in [0.717, 1.165) is 52.1 Å². The molecule has 0 aliphatic carbocycles. The second-order valence-electron chi connectivity index (χ2n) is 3.87. The minimum Gasteiger partial charge on any atom is -0.317 e. The molecule has 0 fully saturated rings. The van der Waals surface area contributed by atoms with Crippen molar-refractivity contribution >= 4 is 0 Å². The van der Waals surface area contributed by atoms with Gasteiger partial charge in [0, 0.05) is 26.2 Å². The van der Waals surface area contributed by atoms with Gasteiger partial charge in [0.2, 0.25) is 0 Å². The molecule has 0 aliphatic rings. The van der Waals surface area contributed by atoms with Crippen LogP contribution in [0.15, 0.2) is 0 Å². The monoisotopic (exact) mass is 247 g/mol. The van der Waals surface area contributed by atoms with Crippen LogP contribution in [0, 0.1) is 0 Å². The Morgan fingerprint density at radius 3 is 1.53 bits per heavy atom. The Labute approximate surface area is 106 Å². The third-order valence-corrected chi connectivity index (χ3v) is 2.74. The molecule has 0 aromatic carbocycles. The first kappa shape index (κ1) is 16.8. The van der Waals surface area contributed by atoms with Crippen molar-refractivity contribution in [1.29, 1.82) is 0 Å². The summed E-state index contributed by atoms with van der Waals surface area (Å²) in [6.07, 6.45) is 2.23. The predicted octanol–water partition coefficient (Wildman–Crippen LogP) is 1.12. The van der Waals surface area contributed by atoms with E-state index in [4.69, 9.17) is 9.68 Å². The quantitative estimate of drug-likeness (QED) is 0.413. The molecule has 0 atom stereocenters. The molecule has 0 amide bonds. The van der Waals surface area contributed by atoms with Gasteiger partial charge in [0.15, 0.2) is 0 Å². The van der Waals surface area contributed by atoms with Crippen molar-refractivity contribution < 1.29 is 9.68 Å². The molecular formula is C12H29N3O2. The zero-order valence-corrected chi connectivity index (χ0v) is 11.9. The van der Waals surface area contributed by atoms with Crippen LogP contribution in [-0.4, -0.2) is 63.6 Å². The van der Waals surface area contributed by atoms with Crippen LogP contribution >= 0.6 is 0 Å². The van der Waals surface area contributed by atoms with Crippen LogP contribution in [0.2, 0.25) is 0 Å². The molecule has 0 rings (SSSR count). The zero-order chi connectivity index (χ0) is 12.9. The molecule has 5 nitrogen and oxygen atoms in total. The summed E-state index contributed by atoms with van der Waals surface area (Å²) >= 11 is 0. The van der Waals surface area contributed by atoms with E-state index in [1.807, 2.05) is 10.1 Å². The van der Waals surface area contributed by atoms with Gasteiger partial charge in [-0.15, -0.1) is 0 Å². The largest absolute Gasteiger partial charge is 0.317 e. The maximum atomic E-state index is 5.17. The van der Waals surface area contributed by atoms with Crippen LogP contribution in [0.1, 0.15) is 26.7 Å². The number of hydrogen-bond donors (Lipinski definition) is 1. The highest BCUT2D eigenvalue weighted by Gasteiger charge is 2.00. The normalized spacial score (nSPS) is 11.6. The highest BCUT2D eigenvalue weighted by Crippen LogP contribution is 1.91. The van der Waals surface area contributed by atoms with Crippen molar-refractivity contribution in [3.8, 4) is 0 Å². The SMILES string of the molecule is CCN(CCCNCCCN(CC)OC)OC. The average Bonchev–Trinajstić information content (AvgIpc) is 2.37. The fraction of sp³-hybridized carbons (Fsp3) is 1.00. The van der Waals surface area contributed by atoms with E-state index in [-0.39, 0.29) is 0 Å². The Bertz CT molecular complexity index is 135. The molecular weight excluding hydrogens is 218 g/mol. The summed E-state index contributed by atoms with van der Waals surface area (Å²) in [4.78, 5) is 10.3. The average molecular weight is 247 g/mol. The van der Waals surface area contributed by atoms with Gasteiger partial charge in [-0.05, 0) is 25.9 Å². The molecule has 17 heavy (non-hydrogen) atoms.